The highest BCUT2D eigenvalue weighted by Crippen LogP contribution is 2.40. The third-order valence-corrected chi connectivity index (χ3v) is 8.44. The Kier molecular flexibility index (Phi) is 5.74. The topological polar surface area (TPSA) is 56.5 Å². The van der Waals surface area contributed by atoms with Gasteiger partial charge in [-0.1, -0.05) is 127 Å². The van der Waals surface area contributed by atoms with E-state index in [1.54, 1.807) is 0 Å². The van der Waals surface area contributed by atoms with Crippen molar-refractivity contribution in [3.8, 4) is 40.1 Å². The van der Waals surface area contributed by atoms with Crippen LogP contribution in [0.3, 0.4) is 0 Å². The zero-order chi connectivity index (χ0) is 29.7. The second-order valence-electron chi connectivity index (χ2n) is 11.1. The van der Waals surface area contributed by atoms with Gasteiger partial charge >= 0.3 is 0 Å². The molecular weight excluding hydrogens is 550 g/mol. The zero-order valence-electron chi connectivity index (χ0n) is 24.2. The number of hydrogen-bond acceptors (Lipinski definition) is 4. The van der Waals surface area contributed by atoms with E-state index < -0.39 is 0 Å². The molecule has 9 aromatic rings. The highest BCUT2D eigenvalue weighted by Gasteiger charge is 2.19. The summed E-state index contributed by atoms with van der Waals surface area (Å²) in [4.78, 5) is 20.0. The fourth-order valence-corrected chi connectivity index (χ4v) is 6.39. The van der Waals surface area contributed by atoms with Crippen molar-refractivity contribution in [2.24, 2.45) is 0 Å². The summed E-state index contributed by atoms with van der Waals surface area (Å²) in [6.45, 7) is 0. The number of hydrogen-bond donors (Lipinski definition) is 0. The molecule has 5 nitrogen and oxygen atoms in total. The van der Waals surface area contributed by atoms with Gasteiger partial charge in [0, 0.05) is 21.9 Å². The van der Waals surface area contributed by atoms with Gasteiger partial charge in [-0.15, -0.1) is 0 Å². The van der Waals surface area contributed by atoms with Crippen LogP contribution in [0.15, 0.2) is 152 Å². The van der Waals surface area contributed by atoms with Crippen LogP contribution in [-0.2, 0) is 0 Å². The second kappa shape index (κ2) is 10.2. The van der Waals surface area contributed by atoms with Crippen LogP contribution in [0.1, 0.15) is 0 Å². The third kappa shape index (κ3) is 4.17. The molecule has 0 fully saturated rings. The van der Waals surface area contributed by atoms with Crippen molar-refractivity contribution < 1.29 is 0 Å². The average Bonchev–Trinajstić information content (AvgIpc) is 3.48. The van der Waals surface area contributed by atoms with Gasteiger partial charge in [0.05, 0.1) is 11.0 Å². The molecule has 3 heterocycles. The van der Waals surface area contributed by atoms with E-state index in [2.05, 4.69) is 83.4 Å². The van der Waals surface area contributed by atoms with Crippen LogP contribution in [0.25, 0.3) is 83.5 Å². The van der Waals surface area contributed by atoms with Gasteiger partial charge in [0.1, 0.15) is 11.5 Å². The summed E-state index contributed by atoms with van der Waals surface area (Å²) in [6, 6.07) is 52.1. The number of nitrogens with zero attached hydrogens (tertiary/aromatic N) is 5. The van der Waals surface area contributed by atoms with Crippen molar-refractivity contribution in [3.63, 3.8) is 0 Å². The minimum atomic E-state index is 0.529. The van der Waals surface area contributed by atoms with Crippen LogP contribution >= 0.6 is 0 Å². The van der Waals surface area contributed by atoms with Gasteiger partial charge in [0.25, 0.3) is 0 Å². The van der Waals surface area contributed by atoms with Crippen molar-refractivity contribution in [3.05, 3.63) is 152 Å². The van der Waals surface area contributed by atoms with Crippen molar-refractivity contribution in [1.29, 1.82) is 0 Å². The molecule has 0 aliphatic heterocycles. The van der Waals surface area contributed by atoms with Gasteiger partial charge in [-0.2, -0.15) is 0 Å². The largest absolute Gasteiger partial charge is 0.294 e. The molecule has 0 saturated carbocycles. The maximum Gasteiger partial charge on any atom is 0.182 e. The number of rotatable bonds is 4. The molecule has 0 radical (unpaired) electrons. The van der Waals surface area contributed by atoms with E-state index in [1.165, 1.54) is 32.3 Å². The summed E-state index contributed by atoms with van der Waals surface area (Å²) in [5.74, 6) is 2.56. The summed E-state index contributed by atoms with van der Waals surface area (Å²) in [5.41, 5.74) is 4.75. The Morgan fingerprint density at radius 2 is 0.844 bits per heavy atom. The molecule has 0 amide bonds. The monoisotopic (exact) mass is 575 g/mol. The molecule has 0 aliphatic carbocycles. The molecule has 0 aliphatic rings. The van der Waals surface area contributed by atoms with E-state index in [0.717, 1.165) is 28.0 Å². The summed E-state index contributed by atoms with van der Waals surface area (Å²) in [6.07, 6.45) is 0. The van der Waals surface area contributed by atoms with E-state index in [0.29, 0.717) is 23.2 Å². The number of fused-ring (bicyclic) bond motifs is 7. The van der Waals surface area contributed by atoms with Gasteiger partial charge in [0.2, 0.25) is 0 Å². The second-order valence-corrected chi connectivity index (χ2v) is 11.1. The smallest absolute Gasteiger partial charge is 0.182 e. The minimum absolute atomic E-state index is 0.529. The van der Waals surface area contributed by atoms with Crippen LogP contribution in [0.5, 0.6) is 0 Å². The van der Waals surface area contributed by atoms with E-state index >= 15 is 0 Å². The van der Waals surface area contributed by atoms with Crippen LogP contribution < -0.4 is 0 Å². The molecule has 0 spiro atoms. The van der Waals surface area contributed by atoms with Gasteiger partial charge in [-0.05, 0) is 45.8 Å². The Hall–Kier alpha value is -6.20. The van der Waals surface area contributed by atoms with Gasteiger partial charge in [-0.25, -0.2) is 19.9 Å². The minimum Gasteiger partial charge on any atom is -0.294 e. The van der Waals surface area contributed by atoms with Crippen LogP contribution in [0.2, 0.25) is 0 Å². The summed E-state index contributed by atoms with van der Waals surface area (Å²) in [7, 11) is 0. The van der Waals surface area contributed by atoms with Crippen molar-refractivity contribution in [2.45, 2.75) is 0 Å². The Bertz CT molecular complexity index is 2390. The quantitative estimate of drug-likeness (QED) is 0.210. The van der Waals surface area contributed by atoms with E-state index in [1.807, 2.05) is 72.8 Å². The molecule has 0 bridgehead atoms. The van der Waals surface area contributed by atoms with Crippen molar-refractivity contribution >= 4 is 43.4 Å². The molecule has 5 heteroatoms. The fourth-order valence-electron chi connectivity index (χ4n) is 6.39. The first kappa shape index (κ1) is 25.3. The average molecular weight is 576 g/mol. The summed E-state index contributed by atoms with van der Waals surface area (Å²) in [5, 5.41) is 7.33. The first-order valence-corrected chi connectivity index (χ1v) is 15.0. The summed E-state index contributed by atoms with van der Waals surface area (Å²) >= 11 is 0. The summed E-state index contributed by atoms with van der Waals surface area (Å²) < 4.78 is 2.27. The lowest BCUT2D eigenvalue weighted by molar-refractivity contribution is 1.03. The predicted octanol–water partition coefficient (Wildman–Crippen LogP) is 9.67. The molecule has 45 heavy (non-hydrogen) atoms. The molecule has 0 saturated heterocycles. The van der Waals surface area contributed by atoms with Crippen molar-refractivity contribution in [1.82, 2.24) is 24.5 Å². The van der Waals surface area contributed by atoms with Crippen molar-refractivity contribution in [2.75, 3.05) is 0 Å². The number of pyridine rings is 1. The van der Waals surface area contributed by atoms with Gasteiger partial charge in [-0.3, -0.25) is 4.57 Å². The van der Waals surface area contributed by atoms with Crippen LogP contribution in [0.4, 0.5) is 0 Å². The zero-order valence-corrected chi connectivity index (χ0v) is 24.2. The maximum atomic E-state index is 5.23. The fraction of sp³-hybridized carbons (Fsp3) is 0. The van der Waals surface area contributed by atoms with Gasteiger partial charge in [0.15, 0.2) is 17.5 Å². The lowest BCUT2D eigenvalue weighted by atomic mass is 10.00. The predicted molar refractivity (Wildman–Crippen MR) is 183 cm³/mol. The number of benzene rings is 6. The number of aromatic nitrogens is 5. The molecule has 9 rings (SSSR count). The first-order valence-electron chi connectivity index (χ1n) is 15.0. The van der Waals surface area contributed by atoms with E-state index in [-0.39, 0.29) is 0 Å². The molecular formula is C40H25N5. The third-order valence-electron chi connectivity index (χ3n) is 8.44. The van der Waals surface area contributed by atoms with Crippen LogP contribution in [0, 0.1) is 0 Å². The van der Waals surface area contributed by atoms with E-state index in [9.17, 15) is 0 Å². The SMILES string of the molecule is c1ccc(-c2nc(-c3ccccc3)nc(-c3cccc(-n4c5ccc6ccccc6c5c5c6ccccc6ccc54)n3)n2)cc1. The molecule has 0 unspecified atom stereocenters. The Morgan fingerprint density at radius 3 is 1.40 bits per heavy atom. The standard InChI is InChI=1S/C40H25N5/c1-3-14-28(15-4-1)38-42-39(29-16-5-2-6-17-29)44-40(43-38)32-20-11-21-35(41-32)45-33-24-22-26-12-7-9-18-30(26)36(33)37-31-19-10-8-13-27(31)23-25-34(37)45/h1-25H. The highest BCUT2D eigenvalue weighted by atomic mass is 15.1. The molecule has 3 aromatic heterocycles. The highest BCUT2D eigenvalue weighted by molar-refractivity contribution is 6.28. The Morgan fingerprint density at radius 1 is 0.356 bits per heavy atom. The molecule has 0 N–H and O–H groups in total. The Balaban J connectivity index is 1.31. The molecule has 6 aromatic carbocycles. The normalized spacial score (nSPS) is 11.6. The molecule has 0 atom stereocenters. The van der Waals surface area contributed by atoms with Gasteiger partial charge < -0.3 is 0 Å². The molecule has 210 valence electrons. The Labute approximate surface area is 259 Å². The lowest BCUT2D eigenvalue weighted by Crippen LogP contribution is -2.03. The van der Waals surface area contributed by atoms with E-state index in [4.69, 9.17) is 19.9 Å². The lowest BCUT2D eigenvalue weighted by Gasteiger charge is -2.11. The first-order chi connectivity index (χ1) is 22.3. The maximum absolute atomic E-state index is 5.23. The van der Waals surface area contributed by atoms with Crippen LogP contribution in [-0.4, -0.2) is 24.5 Å².